The number of amidine groups is 1. The van der Waals surface area contributed by atoms with E-state index in [1.165, 1.54) is 11.8 Å². The molecule has 0 unspecified atom stereocenters. The van der Waals surface area contributed by atoms with Gasteiger partial charge in [-0.3, -0.25) is 4.79 Å². The van der Waals surface area contributed by atoms with E-state index in [4.69, 9.17) is 0 Å². The average molecular weight is 438 g/mol. The van der Waals surface area contributed by atoms with E-state index in [0.29, 0.717) is 5.17 Å². The first-order valence-electron chi connectivity index (χ1n) is 10.1. The molecule has 6 nitrogen and oxygen atoms in total. The predicted octanol–water partition coefficient (Wildman–Crippen LogP) is 3.49. The Morgan fingerprint density at radius 1 is 1.24 bits per heavy atom. The van der Waals surface area contributed by atoms with Crippen molar-refractivity contribution in [1.82, 2.24) is 0 Å². The summed E-state index contributed by atoms with van der Waals surface area (Å²) in [5.74, 6) is 0.0493. The molecule has 2 aliphatic heterocycles. The summed E-state index contributed by atoms with van der Waals surface area (Å²) in [7, 11) is -3.08. The van der Waals surface area contributed by atoms with Gasteiger partial charge in [0.2, 0.25) is 0 Å². The number of thioether (sulfide) groups is 1. The van der Waals surface area contributed by atoms with Gasteiger partial charge in [0.25, 0.3) is 5.91 Å². The maximum absolute atomic E-state index is 12.6. The second-order valence-corrected chi connectivity index (χ2v) is 12.1. The number of carbonyl (C=O) groups is 1. The molecule has 1 aromatic carbocycles. The molecule has 29 heavy (non-hydrogen) atoms. The first-order valence-corrected chi connectivity index (χ1v) is 12.8. The zero-order valence-corrected chi connectivity index (χ0v) is 19.7. The summed E-state index contributed by atoms with van der Waals surface area (Å²) in [4.78, 5) is 21.3. The summed E-state index contributed by atoms with van der Waals surface area (Å²) < 4.78 is 24.5. The number of aryl methyl sites for hydroxylation is 1. The van der Waals surface area contributed by atoms with Gasteiger partial charge in [-0.05, 0) is 44.5 Å². The third kappa shape index (κ3) is 4.48. The molecule has 1 amide bonds. The summed E-state index contributed by atoms with van der Waals surface area (Å²) in [6.07, 6.45) is 0. The van der Waals surface area contributed by atoms with Crippen molar-refractivity contribution < 1.29 is 13.2 Å². The molecular weight excluding hydrogens is 406 g/mol. The standard InChI is InChI=1S/C21H31N3O3S2/c1-7-23(8-2)15-9-10-16(14(3)11-15)24-17-12-29(26,27)13-18(17)28-20(24)22-19(25)21(4,5)6/h9-11,17-18H,7-8,12-13H2,1-6H3/t17-,18+/m1/s1. The number of hydrogen-bond acceptors (Lipinski definition) is 5. The molecule has 0 radical (unpaired) electrons. The molecular formula is C21H31N3O3S2. The highest BCUT2D eigenvalue weighted by molar-refractivity contribution is 8.16. The van der Waals surface area contributed by atoms with Gasteiger partial charge >= 0.3 is 0 Å². The van der Waals surface area contributed by atoms with E-state index in [1.807, 2.05) is 38.7 Å². The fourth-order valence-corrected chi connectivity index (χ4v) is 7.70. The maximum Gasteiger partial charge on any atom is 0.253 e. The molecule has 8 heteroatoms. The van der Waals surface area contributed by atoms with Crippen molar-refractivity contribution in [3.05, 3.63) is 23.8 Å². The minimum atomic E-state index is -3.08. The third-order valence-corrected chi connectivity index (χ3v) is 8.68. The summed E-state index contributed by atoms with van der Waals surface area (Å²) in [5.41, 5.74) is 2.54. The molecule has 3 rings (SSSR count). The van der Waals surface area contributed by atoms with E-state index < -0.39 is 15.3 Å². The number of fused-ring (bicyclic) bond motifs is 1. The van der Waals surface area contributed by atoms with E-state index in [1.54, 1.807) is 0 Å². The van der Waals surface area contributed by atoms with Crippen LogP contribution in [-0.4, -0.2) is 55.4 Å². The number of amides is 1. The second-order valence-electron chi connectivity index (χ2n) is 8.76. The normalized spacial score (nSPS) is 24.8. The second kappa shape index (κ2) is 7.95. The van der Waals surface area contributed by atoms with E-state index >= 15 is 0 Å². The number of benzene rings is 1. The number of hydrogen-bond donors (Lipinski definition) is 0. The predicted molar refractivity (Wildman–Crippen MR) is 123 cm³/mol. The summed E-state index contributed by atoms with van der Waals surface area (Å²) in [6.45, 7) is 13.7. The molecule has 0 aromatic heterocycles. The number of sulfone groups is 1. The van der Waals surface area contributed by atoms with Crippen molar-refractivity contribution >= 4 is 44.0 Å². The van der Waals surface area contributed by atoms with Crippen LogP contribution in [0.15, 0.2) is 23.2 Å². The van der Waals surface area contributed by atoms with Crippen LogP contribution in [0.1, 0.15) is 40.2 Å². The lowest BCUT2D eigenvalue weighted by molar-refractivity contribution is -0.124. The molecule has 160 valence electrons. The van der Waals surface area contributed by atoms with Crippen LogP contribution >= 0.6 is 11.8 Å². The van der Waals surface area contributed by atoms with Crippen LogP contribution in [0.2, 0.25) is 0 Å². The molecule has 2 aliphatic rings. The number of anilines is 2. The van der Waals surface area contributed by atoms with E-state index in [9.17, 15) is 13.2 Å². The van der Waals surface area contributed by atoms with Gasteiger partial charge < -0.3 is 9.80 Å². The van der Waals surface area contributed by atoms with Crippen LogP contribution in [0, 0.1) is 12.3 Å². The molecule has 2 atom stereocenters. The van der Waals surface area contributed by atoms with Crippen molar-refractivity contribution in [3.8, 4) is 0 Å². The van der Waals surface area contributed by atoms with Gasteiger partial charge in [0, 0.05) is 35.1 Å². The molecule has 0 aliphatic carbocycles. The monoisotopic (exact) mass is 437 g/mol. The minimum Gasteiger partial charge on any atom is -0.372 e. The molecule has 0 saturated carbocycles. The van der Waals surface area contributed by atoms with Gasteiger partial charge in [0.15, 0.2) is 15.0 Å². The highest BCUT2D eigenvalue weighted by Gasteiger charge is 2.49. The van der Waals surface area contributed by atoms with Gasteiger partial charge in [-0.25, -0.2) is 8.42 Å². The lowest BCUT2D eigenvalue weighted by atomic mass is 9.96. The summed E-state index contributed by atoms with van der Waals surface area (Å²) >= 11 is 1.42. The Bertz CT molecular complexity index is 931. The lowest BCUT2D eigenvalue weighted by Gasteiger charge is -2.28. The lowest BCUT2D eigenvalue weighted by Crippen LogP contribution is -2.38. The van der Waals surface area contributed by atoms with Crippen LogP contribution in [0.3, 0.4) is 0 Å². The zero-order chi connectivity index (χ0) is 21.6. The van der Waals surface area contributed by atoms with Gasteiger partial charge in [0.1, 0.15) is 0 Å². The Labute approximate surface area is 178 Å². The Kier molecular flexibility index (Phi) is 6.07. The smallest absolute Gasteiger partial charge is 0.253 e. The van der Waals surface area contributed by atoms with Crippen LogP contribution in [-0.2, 0) is 14.6 Å². The Morgan fingerprint density at radius 2 is 1.90 bits per heavy atom. The Morgan fingerprint density at radius 3 is 2.45 bits per heavy atom. The van der Waals surface area contributed by atoms with Crippen LogP contribution < -0.4 is 9.80 Å². The molecule has 2 fully saturated rings. The van der Waals surface area contributed by atoms with Gasteiger partial charge in [-0.15, -0.1) is 0 Å². The van der Waals surface area contributed by atoms with E-state index in [-0.39, 0.29) is 28.7 Å². The van der Waals surface area contributed by atoms with Crippen molar-refractivity contribution in [2.24, 2.45) is 10.4 Å². The largest absolute Gasteiger partial charge is 0.372 e. The summed E-state index contributed by atoms with van der Waals surface area (Å²) in [6, 6.07) is 6.05. The molecule has 2 saturated heterocycles. The molecule has 0 spiro atoms. The number of rotatable bonds is 4. The number of nitrogens with zero attached hydrogens (tertiary/aromatic N) is 3. The SMILES string of the molecule is CCN(CC)c1ccc(N2C(=NC(=O)C(C)(C)C)S[C@H]3CS(=O)(=O)C[C@H]32)c(C)c1. The van der Waals surface area contributed by atoms with E-state index in [0.717, 1.165) is 30.0 Å². The van der Waals surface area contributed by atoms with Crippen molar-refractivity contribution in [2.45, 2.75) is 52.8 Å². The molecule has 0 N–H and O–H groups in total. The van der Waals surface area contributed by atoms with Gasteiger partial charge in [-0.2, -0.15) is 4.99 Å². The highest BCUT2D eigenvalue weighted by atomic mass is 32.2. The molecule has 1 aromatic rings. The number of carbonyl (C=O) groups excluding carboxylic acids is 1. The molecule has 0 bridgehead atoms. The van der Waals surface area contributed by atoms with Crippen molar-refractivity contribution in [1.29, 1.82) is 0 Å². The maximum atomic E-state index is 12.6. The number of aliphatic imine (C=N–C) groups is 1. The first-order chi connectivity index (χ1) is 13.5. The average Bonchev–Trinajstić information content (AvgIpc) is 3.06. The minimum absolute atomic E-state index is 0.0895. The van der Waals surface area contributed by atoms with Crippen molar-refractivity contribution in [2.75, 3.05) is 34.4 Å². The van der Waals surface area contributed by atoms with Crippen LogP contribution in [0.4, 0.5) is 11.4 Å². The highest BCUT2D eigenvalue weighted by Crippen LogP contribution is 2.42. The van der Waals surface area contributed by atoms with Crippen molar-refractivity contribution in [3.63, 3.8) is 0 Å². The van der Waals surface area contributed by atoms with E-state index in [2.05, 4.69) is 35.9 Å². The molecule has 2 heterocycles. The van der Waals surface area contributed by atoms with Crippen LogP contribution in [0.25, 0.3) is 0 Å². The topological polar surface area (TPSA) is 70.0 Å². The van der Waals surface area contributed by atoms with Gasteiger partial charge in [-0.1, -0.05) is 32.5 Å². The fourth-order valence-electron chi connectivity index (χ4n) is 3.80. The zero-order valence-electron chi connectivity index (χ0n) is 18.1. The Balaban J connectivity index is 2.04. The van der Waals surface area contributed by atoms with Gasteiger partial charge in [0.05, 0.1) is 17.5 Å². The third-order valence-electron chi connectivity index (χ3n) is 5.47. The quantitative estimate of drug-likeness (QED) is 0.718. The fraction of sp³-hybridized carbons (Fsp3) is 0.619. The van der Waals surface area contributed by atoms with Crippen LogP contribution in [0.5, 0.6) is 0 Å². The first kappa shape index (κ1) is 22.2. The Hall–Kier alpha value is -1.54. The summed E-state index contributed by atoms with van der Waals surface area (Å²) in [5, 5.41) is 0.530.